The molecule has 2 N–H and O–H groups in total. The van der Waals surface area contributed by atoms with Crippen LogP contribution in [0.3, 0.4) is 0 Å². The SMILES string of the molecule is O=C(NCCCNc1csc2ccccc12)c1ccc([N+](=O)[O-])s1. The van der Waals surface area contributed by atoms with Crippen LogP contribution in [-0.2, 0) is 0 Å². The third kappa shape index (κ3) is 3.72. The summed E-state index contributed by atoms with van der Waals surface area (Å²) in [5, 5.41) is 20.0. The summed E-state index contributed by atoms with van der Waals surface area (Å²) in [5.74, 6) is -0.269. The van der Waals surface area contributed by atoms with E-state index >= 15 is 0 Å². The van der Waals surface area contributed by atoms with Crippen molar-refractivity contribution in [2.45, 2.75) is 6.42 Å². The van der Waals surface area contributed by atoms with Gasteiger partial charge in [0, 0.05) is 34.6 Å². The minimum atomic E-state index is -0.490. The molecule has 1 amide bonds. The summed E-state index contributed by atoms with van der Waals surface area (Å²) in [6.07, 6.45) is 0.767. The lowest BCUT2D eigenvalue weighted by Gasteiger charge is -2.06. The van der Waals surface area contributed by atoms with Crippen LogP contribution in [0, 0.1) is 10.1 Å². The summed E-state index contributed by atoms with van der Waals surface area (Å²) in [6.45, 7) is 1.26. The number of nitro groups is 1. The fourth-order valence-corrected chi connectivity index (χ4v) is 3.92. The Bertz CT molecular complexity index is 872. The van der Waals surface area contributed by atoms with Crippen LogP contribution in [0.15, 0.2) is 41.8 Å². The number of benzene rings is 1. The van der Waals surface area contributed by atoms with E-state index in [4.69, 9.17) is 0 Å². The van der Waals surface area contributed by atoms with Crippen molar-refractivity contribution in [1.82, 2.24) is 5.32 Å². The van der Waals surface area contributed by atoms with E-state index in [0.29, 0.717) is 11.4 Å². The zero-order chi connectivity index (χ0) is 16.9. The van der Waals surface area contributed by atoms with Gasteiger partial charge in [0.05, 0.1) is 15.5 Å². The topological polar surface area (TPSA) is 84.3 Å². The van der Waals surface area contributed by atoms with Gasteiger partial charge in [0.25, 0.3) is 5.91 Å². The maximum atomic E-state index is 11.9. The van der Waals surface area contributed by atoms with Gasteiger partial charge in [-0.05, 0) is 18.6 Å². The Morgan fingerprint density at radius 2 is 2.00 bits per heavy atom. The third-order valence-corrected chi connectivity index (χ3v) is 5.43. The van der Waals surface area contributed by atoms with Crippen LogP contribution in [-0.4, -0.2) is 23.9 Å². The van der Waals surface area contributed by atoms with Gasteiger partial charge in [-0.25, -0.2) is 0 Å². The van der Waals surface area contributed by atoms with Gasteiger partial charge in [-0.15, -0.1) is 11.3 Å². The molecule has 0 aliphatic carbocycles. The van der Waals surface area contributed by atoms with E-state index in [1.54, 1.807) is 11.3 Å². The molecule has 2 aromatic heterocycles. The Hall–Kier alpha value is -2.45. The van der Waals surface area contributed by atoms with E-state index in [2.05, 4.69) is 28.1 Å². The van der Waals surface area contributed by atoms with Crippen LogP contribution in [0.1, 0.15) is 16.1 Å². The number of hydrogen-bond donors (Lipinski definition) is 2. The lowest BCUT2D eigenvalue weighted by Crippen LogP contribution is -2.25. The summed E-state index contributed by atoms with van der Waals surface area (Å²) < 4.78 is 1.24. The van der Waals surface area contributed by atoms with E-state index in [1.165, 1.54) is 22.2 Å². The Balaban J connectivity index is 1.43. The lowest BCUT2D eigenvalue weighted by molar-refractivity contribution is -0.380. The molecule has 0 aliphatic rings. The van der Waals surface area contributed by atoms with Crippen molar-refractivity contribution in [3.05, 3.63) is 56.8 Å². The normalized spacial score (nSPS) is 10.7. The van der Waals surface area contributed by atoms with E-state index < -0.39 is 4.92 Å². The molecule has 3 aromatic rings. The molecule has 0 unspecified atom stereocenters. The van der Waals surface area contributed by atoms with Crippen molar-refractivity contribution in [2.75, 3.05) is 18.4 Å². The minimum Gasteiger partial charge on any atom is -0.384 e. The molecule has 3 rings (SSSR count). The van der Waals surface area contributed by atoms with E-state index in [-0.39, 0.29) is 10.9 Å². The highest BCUT2D eigenvalue weighted by atomic mass is 32.1. The molecule has 0 atom stereocenters. The number of anilines is 1. The first-order chi connectivity index (χ1) is 11.6. The van der Waals surface area contributed by atoms with Gasteiger partial charge in [-0.1, -0.05) is 29.5 Å². The molecule has 0 bridgehead atoms. The van der Waals surface area contributed by atoms with Crippen molar-refractivity contribution in [3.8, 4) is 0 Å². The molecule has 0 aliphatic heterocycles. The quantitative estimate of drug-likeness (QED) is 0.377. The molecular formula is C16H15N3O3S2. The molecule has 6 nitrogen and oxygen atoms in total. The fraction of sp³-hybridized carbons (Fsp3) is 0.188. The Kier molecular flexibility index (Phi) is 5.07. The highest BCUT2D eigenvalue weighted by Crippen LogP contribution is 2.29. The summed E-state index contributed by atoms with van der Waals surface area (Å²) in [6, 6.07) is 11.0. The average molecular weight is 361 g/mol. The van der Waals surface area contributed by atoms with Crippen LogP contribution in [0.2, 0.25) is 0 Å². The first-order valence-corrected chi connectivity index (χ1v) is 9.07. The highest BCUT2D eigenvalue weighted by molar-refractivity contribution is 7.18. The number of thiophene rings is 2. The van der Waals surface area contributed by atoms with Crippen molar-refractivity contribution in [3.63, 3.8) is 0 Å². The second kappa shape index (κ2) is 7.41. The lowest BCUT2D eigenvalue weighted by atomic mass is 10.2. The summed E-state index contributed by atoms with van der Waals surface area (Å²) >= 11 is 2.59. The number of rotatable bonds is 7. The molecule has 8 heteroatoms. The molecule has 1 aromatic carbocycles. The zero-order valence-corrected chi connectivity index (χ0v) is 14.3. The summed E-state index contributed by atoms with van der Waals surface area (Å²) in [5.41, 5.74) is 1.11. The van der Waals surface area contributed by atoms with Crippen LogP contribution >= 0.6 is 22.7 Å². The number of hydrogen-bond acceptors (Lipinski definition) is 6. The number of carbonyl (C=O) groups is 1. The maximum Gasteiger partial charge on any atom is 0.324 e. The average Bonchev–Trinajstić information content (AvgIpc) is 3.22. The molecule has 0 radical (unpaired) electrons. The van der Waals surface area contributed by atoms with Gasteiger partial charge in [-0.2, -0.15) is 0 Å². The summed E-state index contributed by atoms with van der Waals surface area (Å²) in [4.78, 5) is 22.4. The number of amides is 1. The number of carbonyl (C=O) groups excluding carboxylic acids is 1. The van der Waals surface area contributed by atoms with Crippen molar-refractivity contribution >= 4 is 49.4 Å². The van der Waals surface area contributed by atoms with Crippen LogP contribution in [0.25, 0.3) is 10.1 Å². The van der Waals surface area contributed by atoms with Crippen molar-refractivity contribution in [1.29, 1.82) is 0 Å². The molecule has 2 heterocycles. The third-order valence-electron chi connectivity index (χ3n) is 3.43. The van der Waals surface area contributed by atoms with Gasteiger partial charge in [-0.3, -0.25) is 14.9 Å². The largest absolute Gasteiger partial charge is 0.384 e. The van der Waals surface area contributed by atoms with Gasteiger partial charge < -0.3 is 10.6 Å². The van der Waals surface area contributed by atoms with Crippen LogP contribution in [0.4, 0.5) is 10.7 Å². The van der Waals surface area contributed by atoms with Crippen molar-refractivity contribution < 1.29 is 9.72 Å². The van der Waals surface area contributed by atoms with Gasteiger partial charge in [0.1, 0.15) is 0 Å². The van der Waals surface area contributed by atoms with Gasteiger partial charge in [0.2, 0.25) is 0 Å². The predicted octanol–water partition coefficient (Wildman–Crippen LogP) is 4.10. The zero-order valence-electron chi connectivity index (χ0n) is 12.7. The molecule has 24 heavy (non-hydrogen) atoms. The van der Waals surface area contributed by atoms with Gasteiger partial charge >= 0.3 is 5.00 Å². The number of nitrogens with zero attached hydrogens (tertiary/aromatic N) is 1. The number of nitrogens with one attached hydrogen (secondary N) is 2. The molecule has 124 valence electrons. The fourth-order valence-electron chi connectivity index (χ4n) is 2.26. The minimum absolute atomic E-state index is 0.0221. The smallest absolute Gasteiger partial charge is 0.324 e. The first-order valence-electron chi connectivity index (χ1n) is 7.37. The Morgan fingerprint density at radius 3 is 2.79 bits per heavy atom. The maximum absolute atomic E-state index is 11.9. The molecular weight excluding hydrogens is 346 g/mol. The number of fused-ring (bicyclic) bond motifs is 1. The Labute approximate surface area is 146 Å². The second-order valence-electron chi connectivity index (χ2n) is 5.08. The summed E-state index contributed by atoms with van der Waals surface area (Å²) in [7, 11) is 0. The van der Waals surface area contributed by atoms with Crippen molar-refractivity contribution in [2.24, 2.45) is 0 Å². The van der Waals surface area contributed by atoms with E-state index in [9.17, 15) is 14.9 Å². The first kappa shape index (κ1) is 16.4. The predicted molar refractivity (Wildman–Crippen MR) is 98.2 cm³/mol. The van der Waals surface area contributed by atoms with Crippen LogP contribution in [0.5, 0.6) is 0 Å². The van der Waals surface area contributed by atoms with Crippen LogP contribution < -0.4 is 10.6 Å². The highest BCUT2D eigenvalue weighted by Gasteiger charge is 2.14. The molecule has 0 saturated heterocycles. The molecule has 0 saturated carbocycles. The van der Waals surface area contributed by atoms with Gasteiger partial charge in [0.15, 0.2) is 0 Å². The second-order valence-corrected chi connectivity index (χ2v) is 7.05. The van der Waals surface area contributed by atoms with E-state index in [0.717, 1.165) is 30.0 Å². The standard InChI is InChI=1S/C16H15N3O3S2/c20-16(14-6-7-15(24-14)19(21)22)18-9-3-8-17-12-10-23-13-5-2-1-4-11(12)13/h1-2,4-7,10,17H,3,8-9H2,(H,18,20). The monoisotopic (exact) mass is 361 g/mol. The van der Waals surface area contributed by atoms with E-state index in [1.807, 2.05) is 12.1 Å². The molecule has 0 fully saturated rings. The molecule has 0 spiro atoms. The Morgan fingerprint density at radius 1 is 1.17 bits per heavy atom.